The molecule has 0 radical (unpaired) electrons. The second-order valence-corrected chi connectivity index (χ2v) is 8.44. The Kier molecular flexibility index (Phi) is 8.68. The molecule has 8 nitrogen and oxygen atoms in total. The number of likely N-dealkylation sites (tertiary alicyclic amines) is 1. The summed E-state index contributed by atoms with van der Waals surface area (Å²) in [6.45, 7) is 6.00. The number of para-hydroxylation sites is 1. The van der Waals surface area contributed by atoms with E-state index in [0.29, 0.717) is 16.6 Å². The van der Waals surface area contributed by atoms with E-state index in [0.717, 1.165) is 52.1 Å². The van der Waals surface area contributed by atoms with Gasteiger partial charge < -0.3 is 20.0 Å². The topological polar surface area (TPSA) is 101 Å². The zero-order valence-corrected chi connectivity index (χ0v) is 19.0. The Morgan fingerprint density at radius 2 is 1.39 bits per heavy atom. The van der Waals surface area contributed by atoms with Crippen molar-refractivity contribution in [2.75, 3.05) is 44.2 Å². The molecule has 2 aromatic carbocycles. The molecule has 2 N–H and O–H groups in total. The van der Waals surface area contributed by atoms with Gasteiger partial charge in [0.15, 0.2) is 0 Å². The number of hydrogen-bond acceptors (Lipinski definition) is 5. The third-order valence-electron chi connectivity index (χ3n) is 5.96. The Morgan fingerprint density at radius 1 is 0.788 bits per heavy atom. The number of halogens is 1. The van der Waals surface area contributed by atoms with Crippen LogP contribution < -0.4 is 4.90 Å². The predicted octanol–water partition coefficient (Wildman–Crippen LogP) is 2.92. The van der Waals surface area contributed by atoms with Gasteiger partial charge in [-0.3, -0.25) is 9.69 Å². The van der Waals surface area contributed by atoms with Crippen LogP contribution in [-0.4, -0.2) is 83.2 Å². The molecule has 0 saturated carbocycles. The van der Waals surface area contributed by atoms with Crippen molar-refractivity contribution in [3.63, 3.8) is 0 Å². The summed E-state index contributed by atoms with van der Waals surface area (Å²) in [6.07, 6.45) is 2.11. The Balaban J connectivity index is 0.000000454. The molecule has 0 aliphatic carbocycles. The highest BCUT2D eigenvalue weighted by Crippen LogP contribution is 2.22. The fraction of sp³-hybridized carbons (Fsp3) is 0.375. The highest BCUT2D eigenvalue weighted by molar-refractivity contribution is 6.31. The minimum atomic E-state index is -1.82. The lowest BCUT2D eigenvalue weighted by Crippen LogP contribution is -2.53. The number of rotatable bonds is 3. The number of hydrogen-bond donors (Lipinski definition) is 2. The van der Waals surface area contributed by atoms with E-state index in [4.69, 9.17) is 31.4 Å². The van der Waals surface area contributed by atoms with E-state index in [-0.39, 0.29) is 5.91 Å². The molecule has 2 aliphatic rings. The Labute approximate surface area is 198 Å². The zero-order chi connectivity index (χ0) is 23.8. The van der Waals surface area contributed by atoms with Gasteiger partial charge in [0.05, 0.1) is 0 Å². The molecule has 33 heavy (non-hydrogen) atoms. The summed E-state index contributed by atoms with van der Waals surface area (Å²) in [5, 5.41) is 15.4. The number of aliphatic carboxylic acids is 2. The normalized spacial score (nSPS) is 17.1. The highest BCUT2D eigenvalue weighted by atomic mass is 35.5. The van der Waals surface area contributed by atoms with Gasteiger partial charge in [-0.2, -0.15) is 0 Å². The molecule has 2 fully saturated rings. The lowest BCUT2D eigenvalue weighted by Gasteiger charge is -2.43. The largest absolute Gasteiger partial charge is 0.473 e. The summed E-state index contributed by atoms with van der Waals surface area (Å²) < 4.78 is 0. The standard InChI is InChI=1S/C22H26ClN3O.C2H2O4/c23-19-6-4-5-18(17-19)22(27)26-11-9-21(10-12-26)25-15-13-24(14-16-25)20-7-2-1-3-8-20;3-1(4)2(5)6/h1-8,17,21H,9-16H2;(H,3,4)(H,5,6). The van der Waals surface area contributed by atoms with E-state index in [1.165, 1.54) is 5.69 Å². The maximum absolute atomic E-state index is 12.7. The molecule has 0 unspecified atom stereocenters. The molecule has 1 amide bonds. The van der Waals surface area contributed by atoms with Gasteiger partial charge in [0, 0.05) is 61.6 Å². The number of anilines is 1. The molecular weight excluding hydrogens is 446 g/mol. The van der Waals surface area contributed by atoms with Gasteiger partial charge in [-0.15, -0.1) is 0 Å². The lowest BCUT2D eigenvalue weighted by atomic mass is 10.0. The second-order valence-electron chi connectivity index (χ2n) is 8.00. The van der Waals surface area contributed by atoms with Gasteiger partial charge in [0.25, 0.3) is 5.91 Å². The number of nitrogens with zero attached hydrogens (tertiary/aromatic N) is 3. The average molecular weight is 474 g/mol. The molecule has 2 heterocycles. The minimum absolute atomic E-state index is 0.102. The van der Waals surface area contributed by atoms with Crippen LogP contribution in [0.5, 0.6) is 0 Å². The number of carbonyl (C=O) groups is 3. The molecule has 9 heteroatoms. The molecule has 0 spiro atoms. The molecular formula is C24H28ClN3O5. The molecule has 0 aromatic heterocycles. The van der Waals surface area contributed by atoms with Crippen LogP contribution in [0.3, 0.4) is 0 Å². The van der Waals surface area contributed by atoms with E-state index >= 15 is 0 Å². The first-order valence-corrected chi connectivity index (χ1v) is 11.3. The van der Waals surface area contributed by atoms with Gasteiger partial charge in [-0.05, 0) is 43.2 Å². The smallest absolute Gasteiger partial charge is 0.414 e. The molecule has 4 rings (SSSR count). The first kappa shape index (κ1) is 24.5. The highest BCUT2D eigenvalue weighted by Gasteiger charge is 2.29. The Bertz CT molecular complexity index is 944. The summed E-state index contributed by atoms with van der Waals surface area (Å²) in [7, 11) is 0. The van der Waals surface area contributed by atoms with E-state index in [1.54, 1.807) is 12.1 Å². The predicted molar refractivity (Wildman–Crippen MR) is 126 cm³/mol. The second kappa shape index (κ2) is 11.7. The zero-order valence-electron chi connectivity index (χ0n) is 18.3. The van der Waals surface area contributed by atoms with Crippen molar-refractivity contribution in [3.8, 4) is 0 Å². The van der Waals surface area contributed by atoms with Crippen LogP contribution in [0.1, 0.15) is 23.2 Å². The first-order valence-electron chi connectivity index (χ1n) is 10.9. The minimum Gasteiger partial charge on any atom is -0.473 e. The summed E-state index contributed by atoms with van der Waals surface area (Å²) in [4.78, 5) is 37.9. The molecule has 0 bridgehead atoms. The third kappa shape index (κ3) is 6.94. The number of carboxylic acids is 2. The fourth-order valence-corrected chi connectivity index (χ4v) is 4.41. The van der Waals surface area contributed by atoms with E-state index < -0.39 is 11.9 Å². The third-order valence-corrected chi connectivity index (χ3v) is 6.19. The number of carboxylic acid groups (broad SMARTS) is 2. The Hall–Kier alpha value is -3.10. The quantitative estimate of drug-likeness (QED) is 0.661. The van der Waals surface area contributed by atoms with E-state index in [9.17, 15) is 4.79 Å². The summed E-state index contributed by atoms with van der Waals surface area (Å²) in [5.41, 5.74) is 2.01. The maximum Gasteiger partial charge on any atom is 0.414 e. The van der Waals surface area contributed by atoms with Gasteiger partial charge >= 0.3 is 11.9 Å². The van der Waals surface area contributed by atoms with Gasteiger partial charge in [0.2, 0.25) is 0 Å². The number of piperidine rings is 1. The maximum atomic E-state index is 12.7. The lowest BCUT2D eigenvalue weighted by molar-refractivity contribution is -0.159. The van der Waals surface area contributed by atoms with Crippen LogP contribution >= 0.6 is 11.6 Å². The van der Waals surface area contributed by atoms with Crippen LogP contribution in [0, 0.1) is 0 Å². The first-order chi connectivity index (χ1) is 15.8. The molecule has 0 atom stereocenters. The van der Waals surface area contributed by atoms with Gasteiger partial charge in [-0.25, -0.2) is 9.59 Å². The van der Waals surface area contributed by atoms with Crippen LogP contribution in [0.15, 0.2) is 54.6 Å². The van der Waals surface area contributed by atoms with Crippen molar-refractivity contribution >= 4 is 35.1 Å². The van der Waals surface area contributed by atoms with Crippen LogP contribution in [0.2, 0.25) is 5.02 Å². The molecule has 176 valence electrons. The van der Waals surface area contributed by atoms with Gasteiger partial charge in [0.1, 0.15) is 0 Å². The van der Waals surface area contributed by atoms with E-state index in [2.05, 4.69) is 40.1 Å². The SMILES string of the molecule is O=C(O)C(=O)O.O=C(c1cccc(Cl)c1)N1CCC(N2CCN(c3ccccc3)CC2)CC1. The van der Waals surface area contributed by atoms with Crippen molar-refractivity contribution in [2.24, 2.45) is 0 Å². The average Bonchev–Trinajstić information content (AvgIpc) is 2.85. The summed E-state index contributed by atoms with van der Waals surface area (Å²) in [5.74, 6) is -3.55. The number of benzene rings is 2. The summed E-state index contributed by atoms with van der Waals surface area (Å²) in [6, 6.07) is 18.5. The monoisotopic (exact) mass is 473 g/mol. The molecule has 2 saturated heterocycles. The van der Waals surface area contributed by atoms with Crippen molar-refractivity contribution in [1.29, 1.82) is 0 Å². The number of carbonyl (C=O) groups excluding carboxylic acids is 1. The van der Waals surface area contributed by atoms with E-state index in [1.807, 2.05) is 17.0 Å². The molecule has 2 aromatic rings. The van der Waals surface area contributed by atoms with Crippen molar-refractivity contribution < 1.29 is 24.6 Å². The van der Waals surface area contributed by atoms with Crippen molar-refractivity contribution in [2.45, 2.75) is 18.9 Å². The molecule has 2 aliphatic heterocycles. The van der Waals surface area contributed by atoms with Crippen molar-refractivity contribution in [3.05, 3.63) is 65.2 Å². The number of piperazine rings is 1. The summed E-state index contributed by atoms with van der Waals surface area (Å²) >= 11 is 6.03. The van der Waals surface area contributed by atoms with Crippen LogP contribution in [-0.2, 0) is 9.59 Å². The Morgan fingerprint density at radius 3 is 1.94 bits per heavy atom. The number of amides is 1. The van der Waals surface area contributed by atoms with Crippen molar-refractivity contribution in [1.82, 2.24) is 9.80 Å². The van der Waals surface area contributed by atoms with Gasteiger partial charge in [-0.1, -0.05) is 35.9 Å². The van der Waals surface area contributed by atoms with Crippen LogP contribution in [0.4, 0.5) is 5.69 Å². The van der Waals surface area contributed by atoms with Crippen LogP contribution in [0.25, 0.3) is 0 Å². The fourth-order valence-electron chi connectivity index (χ4n) is 4.22.